The van der Waals surface area contributed by atoms with Crippen LogP contribution in [0, 0.1) is 11.3 Å². The van der Waals surface area contributed by atoms with Crippen LogP contribution >= 0.6 is 0 Å². The van der Waals surface area contributed by atoms with Gasteiger partial charge < -0.3 is 4.42 Å². The Labute approximate surface area is 195 Å². The molecule has 0 saturated heterocycles. The molecule has 4 aromatic rings. The van der Waals surface area contributed by atoms with Crippen LogP contribution in [0.3, 0.4) is 0 Å². The Bertz CT molecular complexity index is 1740. The fourth-order valence-corrected chi connectivity index (χ4v) is 5.51. The third-order valence-electron chi connectivity index (χ3n) is 7.08. The molecule has 4 heterocycles. The summed E-state index contributed by atoms with van der Waals surface area (Å²) in [6.45, 7) is 8.01. The van der Waals surface area contributed by atoms with E-state index in [-0.39, 0.29) is 12.0 Å². The Balaban J connectivity index is 1.44. The molecule has 34 heavy (non-hydrogen) atoms. The van der Waals surface area contributed by atoms with Crippen molar-refractivity contribution in [3.63, 3.8) is 0 Å². The Hall–Kier alpha value is -4.56. The van der Waals surface area contributed by atoms with Crippen molar-refractivity contribution >= 4 is 33.5 Å². The summed E-state index contributed by atoms with van der Waals surface area (Å²) in [6.07, 6.45) is 4.29. The minimum absolute atomic E-state index is 0.0239. The summed E-state index contributed by atoms with van der Waals surface area (Å²) in [6, 6.07) is 18.1. The van der Waals surface area contributed by atoms with Gasteiger partial charge >= 0.3 is 0 Å². The van der Waals surface area contributed by atoms with Crippen LogP contribution < -0.4 is 0 Å². The molecule has 5 nitrogen and oxygen atoms in total. The van der Waals surface area contributed by atoms with E-state index < -0.39 is 0 Å². The standard InChI is InChI=1S/C29H18N4O/c1-3-22-16-7-5-6-8-17(16)26-21-13-24-20(23(4-2)31-27(21)28(26)32-22)12-19-18-11-15(14-30)9-10-25(18)34-29(19)33-24/h3-12,26,28H,1-2,13H2. The molecule has 0 bridgehead atoms. The highest BCUT2D eigenvalue weighted by Crippen LogP contribution is 2.51. The summed E-state index contributed by atoms with van der Waals surface area (Å²) >= 11 is 0. The second kappa shape index (κ2) is 6.72. The highest BCUT2D eigenvalue weighted by molar-refractivity contribution is 6.15. The first-order valence-electron chi connectivity index (χ1n) is 11.2. The molecule has 0 N–H and O–H groups in total. The van der Waals surface area contributed by atoms with Gasteiger partial charge in [-0.05, 0) is 47.6 Å². The van der Waals surface area contributed by atoms with E-state index in [1.54, 1.807) is 12.1 Å². The number of rotatable bonds is 2. The highest BCUT2D eigenvalue weighted by atomic mass is 16.3. The predicted octanol–water partition coefficient (Wildman–Crippen LogP) is 5.79. The van der Waals surface area contributed by atoms with Gasteiger partial charge in [0.1, 0.15) is 11.6 Å². The maximum atomic E-state index is 9.34. The number of nitrogens with zero attached hydrogens (tertiary/aromatic N) is 4. The van der Waals surface area contributed by atoms with E-state index in [1.807, 2.05) is 24.3 Å². The molecule has 0 saturated carbocycles. The van der Waals surface area contributed by atoms with Gasteiger partial charge in [-0.2, -0.15) is 5.26 Å². The van der Waals surface area contributed by atoms with E-state index >= 15 is 0 Å². The molecule has 0 radical (unpaired) electrons. The van der Waals surface area contributed by atoms with Gasteiger partial charge in [0.05, 0.1) is 34.4 Å². The van der Waals surface area contributed by atoms with Crippen molar-refractivity contribution in [2.45, 2.75) is 18.4 Å². The van der Waals surface area contributed by atoms with Crippen molar-refractivity contribution in [2.24, 2.45) is 9.98 Å². The lowest BCUT2D eigenvalue weighted by molar-refractivity contribution is 0.545. The van der Waals surface area contributed by atoms with Gasteiger partial charge in [0, 0.05) is 34.2 Å². The minimum atomic E-state index is -0.0239. The average Bonchev–Trinajstić information content (AvgIpc) is 3.16. The summed E-state index contributed by atoms with van der Waals surface area (Å²) in [5, 5.41) is 11.1. The zero-order valence-electron chi connectivity index (χ0n) is 18.2. The van der Waals surface area contributed by atoms with E-state index in [0.29, 0.717) is 17.7 Å². The molecule has 0 amide bonds. The number of allylic oxidation sites excluding steroid dienone is 2. The summed E-state index contributed by atoms with van der Waals surface area (Å²) in [4.78, 5) is 15.0. The van der Waals surface area contributed by atoms with Crippen molar-refractivity contribution in [3.05, 3.63) is 113 Å². The van der Waals surface area contributed by atoms with E-state index in [9.17, 15) is 5.26 Å². The first-order valence-corrected chi connectivity index (χ1v) is 11.2. The largest absolute Gasteiger partial charge is 0.438 e. The minimum Gasteiger partial charge on any atom is -0.438 e. The molecule has 3 aliphatic rings. The van der Waals surface area contributed by atoms with Gasteiger partial charge in [0.25, 0.3) is 0 Å². The maximum absolute atomic E-state index is 9.34. The van der Waals surface area contributed by atoms with Gasteiger partial charge in [-0.3, -0.25) is 9.98 Å². The quantitative estimate of drug-likeness (QED) is 0.397. The number of fused-ring (bicyclic) bond motifs is 9. The van der Waals surface area contributed by atoms with Crippen molar-refractivity contribution in [1.29, 1.82) is 5.26 Å². The third-order valence-corrected chi connectivity index (χ3v) is 7.08. The van der Waals surface area contributed by atoms with Crippen LogP contribution in [0.2, 0.25) is 0 Å². The van der Waals surface area contributed by atoms with Crippen LogP contribution in [-0.4, -0.2) is 22.4 Å². The Morgan fingerprint density at radius 1 is 1.00 bits per heavy atom. The predicted molar refractivity (Wildman–Crippen MR) is 133 cm³/mol. The molecule has 5 heteroatoms. The van der Waals surface area contributed by atoms with Gasteiger partial charge in [-0.15, -0.1) is 0 Å². The van der Waals surface area contributed by atoms with Crippen molar-refractivity contribution in [2.75, 3.05) is 0 Å². The lowest BCUT2D eigenvalue weighted by Gasteiger charge is -2.41. The molecule has 0 fully saturated rings. The molecule has 2 atom stereocenters. The van der Waals surface area contributed by atoms with Gasteiger partial charge in [-0.1, -0.05) is 37.4 Å². The molecule has 0 spiro atoms. The zero-order chi connectivity index (χ0) is 23.0. The van der Waals surface area contributed by atoms with E-state index in [4.69, 9.17) is 19.4 Å². The monoisotopic (exact) mass is 438 g/mol. The van der Waals surface area contributed by atoms with Gasteiger partial charge in [0.2, 0.25) is 5.71 Å². The molecular weight excluding hydrogens is 420 g/mol. The summed E-state index contributed by atoms with van der Waals surface area (Å²) in [5.74, 6) is 0.182. The van der Waals surface area contributed by atoms with Crippen LogP contribution in [0.5, 0.6) is 0 Å². The van der Waals surface area contributed by atoms with Crippen molar-refractivity contribution < 1.29 is 4.42 Å². The maximum Gasteiger partial charge on any atom is 0.227 e. The molecule has 2 aromatic heterocycles. The normalized spacial score (nSPS) is 20.1. The van der Waals surface area contributed by atoms with E-state index in [2.05, 4.69) is 43.5 Å². The second-order valence-corrected chi connectivity index (χ2v) is 8.78. The highest BCUT2D eigenvalue weighted by Gasteiger charge is 2.46. The molecule has 2 unspecified atom stereocenters. The van der Waals surface area contributed by atoms with Crippen LogP contribution in [-0.2, 0) is 6.42 Å². The third kappa shape index (κ3) is 2.40. The molecular formula is C29H18N4O. The van der Waals surface area contributed by atoms with Crippen LogP contribution in [0.1, 0.15) is 33.9 Å². The number of aromatic nitrogens is 1. The summed E-state index contributed by atoms with van der Waals surface area (Å²) in [7, 11) is 0. The van der Waals surface area contributed by atoms with Gasteiger partial charge in [0.15, 0.2) is 0 Å². The number of furan rings is 1. The van der Waals surface area contributed by atoms with Crippen molar-refractivity contribution in [1.82, 2.24) is 4.98 Å². The molecule has 2 aliphatic heterocycles. The van der Waals surface area contributed by atoms with Crippen LogP contribution in [0.4, 0.5) is 0 Å². The number of hydrogen-bond donors (Lipinski definition) is 0. The molecule has 1 aliphatic carbocycles. The molecule has 160 valence electrons. The number of nitriles is 1. The lowest BCUT2D eigenvalue weighted by Crippen LogP contribution is -2.37. The smallest absolute Gasteiger partial charge is 0.227 e. The molecule has 2 aromatic carbocycles. The summed E-state index contributed by atoms with van der Waals surface area (Å²) < 4.78 is 6.06. The Morgan fingerprint density at radius 3 is 2.68 bits per heavy atom. The van der Waals surface area contributed by atoms with Crippen LogP contribution in [0.15, 0.2) is 99.5 Å². The Kier molecular flexibility index (Phi) is 3.75. The number of aliphatic imine (C=N–C) groups is 2. The second-order valence-electron chi connectivity index (χ2n) is 8.78. The lowest BCUT2D eigenvalue weighted by atomic mass is 9.68. The molecule has 7 rings (SSSR count). The first-order chi connectivity index (χ1) is 16.7. The zero-order valence-corrected chi connectivity index (χ0v) is 18.2. The first kappa shape index (κ1) is 19.0. The van der Waals surface area contributed by atoms with Gasteiger partial charge in [-0.25, -0.2) is 4.98 Å². The van der Waals surface area contributed by atoms with Crippen molar-refractivity contribution in [3.8, 4) is 6.07 Å². The average molecular weight is 438 g/mol. The number of hydrogen-bond acceptors (Lipinski definition) is 5. The fourth-order valence-electron chi connectivity index (χ4n) is 5.51. The van der Waals surface area contributed by atoms with E-state index in [0.717, 1.165) is 50.3 Å². The van der Waals surface area contributed by atoms with E-state index in [1.165, 1.54) is 11.1 Å². The Morgan fingerprint density at radius 2 is 1.85 bits per heavy atom. The fraction of sp³-hybridized carbons (Fsp3) is 0.103. The number of pyridine rings is 1. The van der Waals surface area contributed by atoms with Crippen LogP contribution in [0.25, 0.3) is 22.1 Å². The SMILES string of the molecule is C=CC1=NC2C3=C(Cc4nc5oc6ccc(C#N)cc6c5cc4C(C=C)=N3)C2c2ccccc21. The topological polar surface area (TPSA) is 74.5 Å². The summed E-state index contributed by atoms with van der Waals surface area (Å²) in [5.41, 5.74) is 10.1. The number of benzene rings is 2.